The average molecular weight is 191 g/mol. The Kier molecular flexibility index (Phi) is 3.79. The Labute approximate surface area is 83.1 Å². The molecule has 0 saturated heterocycles. The SMILES string of the molecule is C=CC(=O)NCCc1cncc(C)n1. The molecule has 0 radical (unpaired) electrons. The van der Waals surface area contributed by atoms with Crippen molar-refractivity contribution in [1.82, 2.24) is 15.3 Å². The number of carbonyl (C=O) groups excluding carboxylic acids is 1. The summed E-state index contributed by atoms with van der Waals surface area (Å²) in [7, 11) is 0. The summed E-state index contributed by atoms with van der Waals surface area (Å²) in [5, 5.41) is 2.68. The minimum atomic E-state index is -0.161. The molecule has 1 amide bonds. The number of nitrogens with zero attached hydrogens (tertiary/aromatic N) is 2. The molecular formula is C10H13N3O. The molecule has 0 aliphatic heterocycles. The van der Waals surface area contributed by atoms with E-state index in [1.807, 2.05) is 6.92 Å². The third-order valence-corrected chi connectivity index (χ3v) is 1.67. The number of amides is 1. The highest BCUT2D eigenvalue weighted by molar-refractivity contribution is 5.86. The van der Waals surface area contributed by atoms with Crippen LogP contribution in [0.4, 0.5) is 0 Å². The van der Waals surface area contributed by atoms with Crippen LogP contribution >= 0.6 is 0 Å². The summed E-state index contributed by atoms with van der Waals surface area (Å²) < 4.78 is 0. The number of rotatable bonds is 4. The summed E-state index contributed by atoms with van der Waals surface area (Å²) >= 11 is 0. The zero-order valence-electron chi connectivity index (χ0n) is 8.16. The Morgan fingerprint density at radius 2 is 2.43 bits per heavy atom. The fourth-order valence-electron chi connectivity index (χ4n) is 1.02. The van der Waals surface area contributed by atoms with E-state index in [0.29, 0.717) is 13.0 Å². The van der Waals surface area contributed by atoms with Gasteiger partial charge in [0.2, 0.25) is 5.91 Å². The van der Waals surface area contributed by atoms with Gasteiger partial charge in [0.25, 0.3) is 0 Å². The van der Waals surface area contributed by atoms with Crippen LogP contribution in [0.2, 0.25) is 0 Å². The van der Waals surface area contributed by atoms with E-state index >= 15 is 0 Å². The van der Waals surface area contributed by atoms with Crippen LogP contribution in [0.15, 0.2) is 25.0 Å². The zero-order valence-corrected chi connectivity index (χ0v) is 8.16. The molecule has 1 rings (SSSR count). The summed E-state index contributed by atoms with van der Waals surface area (Å²) in [5.74, 6) is -0.161. The normalized spacial score (nSPS) is 9.50. The molecular weight excluding hydrogens is 178 g/mol. The number of aryl methyl sites for hydroxylation is 1. The molecule has 1 aromatic rings. The van der Waals surface area contributed by atoms with Crippen molar-refractivity contribution in [2.24, 2.45) is 0 Å². The maximum atomic E-state index is 10.8. The molecule has 4 heteroatoms. The van der Waals surface area contributed by atoms with Gasteiger partial charge in [-0.1, -0.05) is 6.58 Å². The van der Waals surface area contributed by atoms with E-state index in [1.54, 1.807) is 12.4 Å². The highest BCUT2D eigenvalue weighted by Gasteiger charge is 1.97. The molecule has 0 saturated carbocycles. The molecule has 0 aliphatic rings. The van der Waals surface area contributed by atoms with Crippen LogP contribution < -0.4 is 5.32 Å². The minimum absolute atomic E-state index is 0.161. The van der Waals surface area contributed by atoms with Crippen LogP contribution in [0.3, 0.4) is 0 Å². The van der Waals surface area contributed by atoms with E-state index in [9.17, 15) is 4.79 Å². The second kappa shape index (κ2) is 5.11. The van der Waals surface area contributed by atoms with Gasteiger partial charge in [-0.2, -0.15) is 0 Å². The minimum Gasteiger partial charge on any atom is -0.352 e. The van der Waals surface area contributed by atoms with Crippen LogP contribution in [0.1, 0.15) is 11.4 Å². The topological polar surface area (TPSA) is 54.9 Å². The fraction of sp³-hybridized carbons (Fsp3) is 0.300. The van der Waals surface area contributed by atoms with Gasteiger partial charge in [-0.05, 0) is 13.0 Å². The maximum Gasteiger partial charge on any atom is 0.243 e. The molecule has 0 aromatic carbocycles. The van der Waals surface area contributed by atoms with Gasteiger partial charge in [0.05, 0.1) is 11.4 Å². The first-order valence-corrected chi connectivity index (χ1v) is 4.40. The van der Waals surface area contributed by atoms with Gasteiger partial charge in [0.15, 0.2) is 0 Å². The van der Waals surface area contributed by atoms with Gasteiger partial charge in [-0.25, -0.2) is 0 Å². The molecule has 1 N–H and O–H groups in total. The summed E-state index contributed by atoms with van der Waals surface area (Å²) in [6.45, 7) is 5.81. The van der Waals surface area contributed by atoms with Gasteiger partial charge in [-0.15, -0.1) is 0 Å². The van der Waals surface area contributed by atoms with E-state index in [1.165, 1.54) is 6.08 Å². The Morgan fingerprint density at radius 1 is 1.64 bits per heavy atom. The Balaban J connectivity index is 2.38. The van der Waals surface area contributed by atoms with Crippen LogP contribution in [0, 0.1) is 6.92 Å². The number of nitrogens with one attached hydrogen (secondary N) is 1. The van der Waals surface area contributed by atoms with Crippen molar-refractivity contribution in [3.63, 3.8) is 0 Å². The first-order chi connectivity index (χ1) is 6.72. The molecule has 0 unspecified atom stereocenters. The highest BCUT2D eigenvalue weighted by Crippen LogP contribution is 1.94. The van der Waals surface area contributed by atoms with Crippen LogP contribution in [0.5, 0.6) is 0 Å². The Hall–Kier alpha value is -1.71. The van der Waals surface area contributed by atoms with Crippen molar-refractivity contribution in [3.8, 4) is 0 Å². The van der Waals surface area contributed by atoms with Gasteiger partial charge in [0, 0.05) is 25.4 Å². The van der Waals surface area contributed by atoms with Crippen molar-refractivity contribution < 1.29 is 4.79 Å². The predicted molar refractivity (Wildman–Crippen MR) is 53.7 cm³/mol. The third kappa shape index (κ3) is 3.35. The molecule has 0 aliphatic carbocycles. The third-order valence-electron chi connectivity index (χ3n) is 1.67. The van der Waals surface area contributed by atoms with Gasteiger partial charge in [0.1, 0.15) is 0 Å². The lowest BCUT2D eigenvalue weighted by Crippen LogP contribution is -2.23. The van der Waals surface area contributed by atoms with E-state index in [4.69, 9.17) is 0 Å². The maximum absolute atomic E-state index is 10.8. The lowest BCUT2D eigenvalue weighted by atomic mass is 10.3. The van der Waals surface area contributed by atoms with Crippen molar-refractivity contribution in [2.45, 2.75) is 13.3 Å². The second-order valence-electron chi connectivity index (χ2n) is 2.90. The lowest BCUT2D eigenvalue weighted by Gasteiger charge is -2.01. The molecule has 1 aromatic heterocycles. The van der Waals surface area contributed by atoms with E-state index in [-0.39, 0.29) is 5.91 Å². The van der Waals surface area contributed by atoms with E-state index in [2.05, 4.69) is 21.9 Å². The molecule has 0 bridgehead atoms. The van der Waals surface area contributed by atoms with E-state index < -0.39 is 0 Å². The Morgan fingerprint density at radius 3 is 3.07 bits per heavy atom. The standard InChI is InChI=1S/C10H13N3O/c1-3-10(14)12-5-4-9-7-11-6-8(2)13-9/h3,6-7H,1,4-5H2,2H3,(H,12,14). The van der Waals surface area contributed by atoms with E-state index in [0.717, 1.165) is 11.4 Å². The largest absolute Gasteiger partial charge is 0.352 e. The van der Waals surface area contributed by atoms with Crippen molar-refractivity contribution in [3.05, 3.63) is 36.4 Å². The first-order valence-electron chi connectivity index (χ1n) is 4.40. The van der Waals surface area contributed by atoms with Crippen molar-refractivity contribution >= 4 is 5.91 Å². The predicted octanol–water partition coefficient (Wildman–Crippen LogP) is 0.630. The molecule has 4 nitrogen and oxygen atoms in total. The molecule has 1 heterocycles. The summed E-state index contributed by atoms with van der Waals surface area (Å²) in [4.78, 5) is 19.1. The van der Waals surface area contributed by atoms with Gasteiger partial charge >= 0.3 is 0 Å². The number of aromatic nitrogens is 2. The fourth-order valence-corrected chi connectivity index (χ4v) is 1.02. The second-order valence-corrected chi connectivity index (χ2v) is 2.90. The molecule has 14 heavy (non-hydrogen) atoms. The van der Waals surface area contributed by atoms with Crippen LogP contribution in [0.25, 0.3) is 0 Å². The molecule has 0 atom stereocenters. The van der Waals surface area contributed by atoms with Gasteiger partial charge < -0.3 is 5.32 Å². The number of carbonyl (C=O) groups is 1. The monoisotopic (exact) mass is 191 g/mol. The van der Waals surface area contributed by atoms with Gasteiger partial charge in [-0.3, -0.25) is 14.8 Å². The van der Waals surface area contributed by atoms with Crippen LogP contribution in [-0.4, -0.2) is 22.4 Å². The zero-order chi connectivity index (χ0) is 10.4. The van der Waals surface area contributed by atoms with Crippen molar-refractivity contribution in [2.75, 3.05) is 6.54 Å². The smallest absolute Gasteiger partial charge is 0.243 e. The Bertz CT molecular complexity index is 336. The summed E-state index contributed by atoms with van der Waals surface area (Å²) in [5.41, 5.74) is 1.77. The number of hydrogen-bond donors (Lipinski definition) is 1. The van der Waals surface area contributed by atoms with Crippen LogP contribution in [-0.2, 0) is 11.2 Å². The summed E-state index contributed by atoms with van der Waals surface area (Å²) in [6, 6.07) is 0. The quantitative estimate of drug-likeness (QED) is 0.710. The average Bonchev–Trinajstić information content (AvgIpc) is 2.17. The summed E-state index contributed by atoms with van der Waals surface area (Å²) in [6.07, 6.45) is 5.34. The number of hydrogen-bond acceptors (Lipinski definition) is 3. The molecule has 0 fully saturated rings. The first kappa shape index (κ1) is 10.4. The van der Waals surface area contributed by atoms with Crippen molar-refractivity contribution in [1.29, 1.82) is 0 Å². The molecule has 74 valence electrons. The lowest BCUT2D eigenvalue weighted by molar-refractivity contribution is -0.116. The highest BCUT2D eigenvalue weighted by atomic mass is 16.1. The molecule has 0 spiro atoms.